The van der Waals surface area contributed by atoms with Crippen LogP contribution < -0.4 is 0 Å². The summed E-state index contributed by atoms with van der Waals surface area (Å²) in [5.41, 5.74) is 3.34. The monoisotopic (exact) mass is 292 g/mol. The fourth-order valence-electron chi connectivity index (χ4n) is 3.21. The van der Waals surface area contributed by atoms with Gasteiger partial charge in [-0.3, -0.25) is 0 Å². The minimum absolute atomic E-state index is 0.157. The first-order valence-electron chi connectivity index (χ1n) is 8.43. The van der Waals surface area contributed by atoms with Crippen LogP contribution in [0.4, 0.5) is 0 Å². The highest BCUT2D eigenvalue weighted by Crippen LogP contribution is 2.48. The summed E-state index contributed by atoms with van der Waals surface area (Å²) in [4.78, 5) is 0. The van der Waals surface area contributed by atoms with Crippen molar-refractivity contribution in [1.82, 2.24) is 0 Å². The zero-order chi connectivity index (χ0) is 15.7. The second kappa shape index (κ2) is 5.89. The molecule has 0 bridgehead atoms. The number of fused-ring (bicyclic) bond motifs is 1. The van der Waals surface area contributed by atoms with E-state index in [1.165, 1.54) is 17.6 Å². The Hall–Kier alpha value is -0.600. The molecule has 0 atom stereocenters. The molecular weight excluding hydrogens is 260 g/mol. The summed E-state index contributed by atoms with van der Waals surface area (Å²) in [6, 6.07) is 0. The van der Waals surface area contributed by atoms with Gasteiger partial charge in [-0.05, 0) is 17.6 Å². The maximum Gasteiger partial charge on any atom is 0.172 e. The Morgan fingerprint density at radius 2 is 1.48 bits per heavy atom. The minimum atomic E-state index is -0.334. The van der Waals surface area contributed by atoms with Crippen molar-refractivity contribution in [3.8, 4) is 0 Å². The van der Waals surface area contributed by atoms with Crippen molar-refractivity contribution in [2.75, 3.05) is 13.2 Å². The maximum absolute atomic E-state index is 6.11. The van der Waals surface area contributed by atoms with Crippen molar-refractivity contribution in [3.63, 3.8) is 0 Å². The summed E-state index contributed by atoms with van der Waals surface area (Å²) in [6.07, 6.45) is 9.06. The number of hydrogen-bond donors (Lipinski definition) is 0. The van der Waals surface area contributed by atoms with Gasteiger partial charge in [-0.2, -0.15) is 0 Å². The third-order valence-electron chi connectivity index (χ3n) is 4.19. The standard InChI is InChI=1S/C16H24O2.C3H8/c1-14(2)7-12-5-6-16(9-13(12)8-14)17-10-15(3,4)11-18-16;1-3-2/h7-8H,5-6,9-11H2,1-4H3;3H2,1-2H3. The lowest BCUT2D eigenvalue weighted by Crippen LogP contribution is -2.49. The Kier molecular flexibility index (Phi) is 4.70. The molecule has 2 fully saturated rings. The van der Waals surface area contributed by atoms with Gasteiger partial charge in [-0.1, -0.05) is 60.1 Å². The van der Waals surface area contributed by atoms with Crippen LogP contribution in [0.25, 0.3) is 0 Å². The van der Waals surface area contributed by atoms with Gasteiger partial charge >= 0.3 is 0 Å². The maximum atomic E-state index is 6.11. The molecule has 1 heterocycles. The van der Waals surface area contributed by atoms with Gasteiger partial charge in [0.1, 0.15) is 0 Å². The largest absolute Gasteiger partial charge is 0.349 e. The first-order valence-corrected chi connectivity index (χ1v) is 8.43. The topological polar surface area (TPSA) is 18.5 Å². The molecule has 120 valence electrons. The van der Waals surface area contributed by atoms with Crippen LogP contribution in [0.5, 0.6) is 0 Å². The van der Waals surface area contributed by atoms with E-state index in [1.54, 1.807) is 0 Å². The van der Waals surface area contributed by atoms with Gasteiger partial charge in [0.25, 0.3) is 0 Å². The zero-order valence-electron chi connectivity index (χ0n) is 14.7. The normalized spacial score (nSPS) is 28.1. The van der Waals surface area contributed by atoms with Gasteiger partial charge in [0.05, 0.1) is 13.2 Å². The van der Waals surface area contributed by atoms with E-state index in [2.05, 4.69) is 53.7 Å². The fourth-order valence-corrected chi connectivity index (χ4v) is 3.21. The molecule has 1 spiro atoms. The van der Waals surface area contributed by atoms with E-state index >= 15 is 0 Å². The van der Waals surface area contributed by atoms with Crippen LogP contribution in [0, 0.1) is 10.8 Å². The molecule has 3 rings (SSSR count). The average molecular weight is 292 g/mol. The second-order valence-electron chi connectivity index (χ2n) is 8.20. The number of ether oxygens (including phenoxy) is 2. The van der Waals surface area contributed by atoms with E-state index < -0.39 is 0 Å². The highest BCUT2D eigenvalue weighted by atomic mass is 16.7. The Balaban J connectivity index is 0.000000497. The Labute approximate surface area is 130 Å². The predicted molar refractivity (Wildman–Crippen MR) is 88.2 cm³/mol. The zero-order valence-corrected chi connectivity index (χ0v) is 14.7. The van der Waals surface area contributed by atoms with Crippen LogP contribution in [0.3, 0.4) is 0 Å². The highest BCUT2D eigenvalue weighted by molar-refractivity contribution is 5.44. The molecule has 0 amide bonds. The van der Waals surface area contributed by atoms with Crippen LogP contribution >= 0.6 is 0 Å². The number of hydrogen-bond acceptors (Lipinski definition) is 2. The molecule has 21 heavy (non-hydrogen) atoms. The number of rotatable bonds is 0. The van der Waals surface area contributed by atoms with Crippen molar-refractivity contribution in [2.45, 2.75) is 73.0 Å². The molecule has 0 aromatic carbocycles. The molecule has 2 aliphatic carbocycles. The predicted octanol–water partition coefficient (Wildman–Crippen LogP) is 5.25. The summed E-state index contributed by atoms with van der Waals surface area (Å²) in [5, 5.41) is 0. The van der Waals surface area contributed by atoms with Crippen molar-refractivity contribution < 1.29 is 9.47 Å². The lowest BCUT2D eigenvalue weighted by molar-refractivity contribution is -0.302. The molecule has 1 saturated carbocycles. The van der Waals surface area contributed by atoms with Gasteiger partial charge in [0, 0.05) is 23.7 Å². The molecule has 0 unspecified atom stereocenters. The van der Waals surface area contributed by atoms with E-state index in [-0.39, 0.29) is 16.6 Å². The van der Waals surface area contributed by atoms with E-state index in [0.717, 1.165) is 32.5 Å². The molecule has 0 N–H and O–H groups in total. The molecule has 0 radical (unpaired) electrons. The molecular formula is C19H32O2. The van der Waals surface area contributed by atoms with E-state index in [0.29, 0.717) is 0 Å². The minimum Gasteiger partial charge on any atom is -0.349 e. The molecule has 0 aromatic rings. The van der Waals surface area contributed by atoms with Crippen LogP contribution in [0.2, 0.25) is 0 Å². The summed E-state index contributed by atoms with van der Waals surface area (Å²) >= 11 is 0. The summed E-state index contributed by atoms with van der Waals surface area (Å²) < 4.78 is 12.2. The van der Waals surface area contributed by atoms with Crippen LogP contribution in [-0.2, 0) is 9.47 Å². The van der Waals surface area contributed by atoms with E-state index in [1.807, 2.05) is 0 Å². The van der Waals surface area contributed by atoms with Crippen LogP contribution in [-0.4, -0.2) is 19.0 Å². The van der Waals surface area contributed by atoms with Crippen molar-refractivity contribution in [1.29, 1.82) is 0 Å². The molecule has 1 aliphatic heterocycles. The third-order valence-corrected chi connectivity index (χ3v) is 4.19. The van der Waals surface area contributed by atoms with Crippen molar-refractivity contribution >= 4 is 0 Å². The lowest BCUT2D eigenvalue weighted by atomic mass is 9.85. The summed E-state index contributed by atoms with van der Waals surface area (Å²) in [5.74, 6) is -0.334. The Morgan fingerprint density at radius 1 is 0.952 bits per heavy atom. The van der Waals surface area contributed by atoms with Crippen molar-refractivity contribution in [3.05, 3.63) is 23.3 Å². The van der Waals surface area contributed by atoms with Gasteiger partial charge in [-0.15, -0.1) is 0 Å². The third kappa shape index (κ3) is 3.98. The lowest BCUT2D eigenvalue weighted by Gasteiger charge is -2.46. The quantitative estimate of drug-likeness (QED) is 0.607. The molecule has 3 aliphatic rings. The van der Waals surface area contributed by atoms with Gasteiger partial charge in [-0.25, -0.2) is 0 Å². The summed E-state index contributed by atoms with van der Waals surface area (Å²) in [7, 11) is 0. The van der Waals surface area contributed by atoms with Gasteiger partial charge in [0.2, 0.25) is 0 Å². The van der Waals surface area contributed by atoms with Crippen LogP contribution in [0.15, 0.2) is 23.3 Å². The van der Waals surface area contributed by atoms with Crippen LogP contribution in [0.1, 0.15) is 67.2 Å². The van der Waals surface area contributed by atoms with Gasteiger partial charge in [0.15, 0.2) is 5.79 Å². The average Bonchev–Trinajstić information content (AvgIpc) is 2.68. The SMILES string of the molecule is CC1(C)C=C2CCC3(CC2=C1)OCC(C)(C)CO3.CCC. The first-order chi connectivity index (χ1) is 9.71. The van der Waals surface area contributed by atoms with Crippen molar-refractivity contribution in [2.24, 2.45) is 10.8 Å². The van der Waals surface area contributed by atoms with Gasteiger partial charge < -0.3 is 9.47 Å². The highest BCUT2D eigenvalue weighted by Gasteiger charge is 2.45. The summed E-state index contributed by atoms with van der Waals surface area (Å²) in [6.45, 7) is 14.8. The molecule has 0 aromatic heterocycles. The Morgan fingerprint density at radius 3 is 2.05 bits per heavy atom. The first kappa shape index (κ1) is 16.8. The Bertz CT molecular complexity index is 430. The van der Waals surface area contributed by atoms with E-state index in [9.17, 15) is 0 Å². The smallest absolute Gasteiger partial charge is 0.172 e. The molecule has 1 saturated heterocycles. The van der Waals surface area contributed by atoms with E-state index in [4.69, 9.17) is 9.47 Å². The fraction of sp³-hybridized carbons (Fsp3) is 0.789. The molecule has 2 heteroatoms. The molecule has 2 nitrogen and oxygen atoms in total. The second-order valence-corrected chi connectivity index (χ2v) is 8.20. The number of allylic oxidation sites excluding steroid dienone is 3.